The summed E-state index contributed by atoms with van der Waals surface area (Å²) in [6, 6.07) is 7.99. The van der Waals surface area contributed by atoms with Crippen molar-refractivity contribution in [3.05, 3.63) is 64.1 Å². The van der Waals surface area contributed by atoms with Gasteiger partial charge in [-0.2, -0.15) is 0 Å². The number of nitrogens with zero attached hydrogens (tertiary/aromatic N) is 3. The Kier molecular flexibility index (Phi) is 5.81. The van der Waals surface area contributed by atoms with Crippen LogP contribution in [-0.4, -0.2) is 34.3 Å². The fraction of sp³-hybridized carbons (Fsp3) is 0.520. The number of methoxy groups -OCH3 is 1. The minimum Gasteiger partial charge on any atom is -0.497 e. The Hall–Kier alpha value is -2.60. The Balaban J connectivity index is 1.56. The molecule has 2 aliphatic rings. The van der Waals surface area contributed by atoms with Crippen molar-refractivity contribution in [2.24, 2.45) is 5.92 Å². The third kappa shape index (κ3) is 4.13. The molecule has 1 saturated carbocycles. The summed E-state index contributed by atoms with van der Waals surface area (Å²) in [5.74, 6) is 2.86. The van der Waals surface area contributed by atoms with E-state index in [4.69, 9.17) is 14.5 Å². The first-order valence-corrected chi connectivity index (χ1v) is 11.5. The summed E-state index contributed by atoms with van der Waals surface area (Å²) < 4.78 is 14.9. The summed E-state index contributed by atoms with van der Waals surface area (Å²) in [7, 11) is 1.67. The maximum Gasteiger partial charge on any atom is 0.277 e. The Morgan fingerprint density at radius 3 is 2.55 bits per heavy atom. The molecule has 5 rings (SSSR count). The van der Waals surface area contributed by atoms with Gasteiger partial charge in [0, 0.05) is 31.0 Å². The third-order valence-electron chi connectivity index (χ3n) is 6.97. The zero-order chi connectivity index (χ0) is 21.2. The standard InChI is InChI=1S/C25H31N3O3/c1-30-22-8-6-19(7-9-22)16-27-21(14-18-4-2-3-5-18)17-28-23(25(27)29)15-26-24(28)20-10-12-31-13-11-20/h6-9,15,17-18,20H,2-5,10-14,16H2,1H3. The highest BCUT2D eigenvalue weighted by Gasteiger charge is 2.24. The number of hydrogen-bond donors (Lipinski definition) is 0. The number of hydrogen-bond acceptors (Lipinski definition) is 4. The van der Waals surface area contributed by atoms with E-state index in [1.807, 2.05) is 28.8 Å². The highest BCUT2D eigenvalue weighted by atomic mass is 16.5. The van der Waals surface area contributed by atoms with Gasteiger partial charge in [0.1, 0.15) is 17.1 Å². The number of aromatic nitrogens is 3. The first-order chi connectivity index (χ1) is 15.2. The normalized spacial score (nSPS) is 18.1. The lowest BCUT2D eigenvalue weighted by Gasteiger charge is -2.22. The second-order valence-corrected chi connectivity index (χ2v) is 8.97. The van der Waals surface area contributed by atoms with Crippen molar-refractivity contribution in [3.8, 4) is 5.75 Å². The van der Waals surface area contributed by atoms with Crippen molar-refractivity contribution in [1.82, 2.24) is 14.0 Å². The molecule has 0 unspecified atom stereocenters. The lowest BCUT2D eigenvalue weighted by atomic mass is 9.99. The molecule has 1 aliphatic heterocycles. The minimum atomic E-state index is 0.0529. The van der Waals surface area contributed by atoms with E-state index in [9.17, 15) is 4.79 Å². The molecule has 164 valence electrons. The molecule has 6 heteroatoms. The Morgan fingerprint density at radius 1 is 1.10 bits per heavy atom. The summed E-state index contributed by atoms with van der Waals surface area (Å²) in [6.07, 6.45) is 11.9. The van der Waals surface area contributed by atoms with Crippen molar-refractivity contribution >= 4 is 5.52 Å². The van der Waals surface area contributed by atoms with Gasteiger partial charge in [-0.15, -0.1) is 0 Å². The predicted molar refractivity (Wildman–Crippen MR) is 120 cm³/mol. The van der Waals surface area contributed by atoms with Crippen LogP contribution in [0.15, 0.2) is 41.5 Å². The molecular formula is C25H31N3O3. The van der Waals surface area contributed by atoms with Gasteiger partial charge in [0.2, 0.25) is 0 Å². The third-order valence-corrected chi connectivity index (χ3v) is 6.97. The molecule has 6 nitrogen and oxygen atoms in total. The van der Waals surface area contributed by atoms with Crippen LogP contribution in [0.5, 0.6) is 5.75 Å². The van der Waals surface area contributed by atoms with Gasteiger partial charge in [0.05, 0.1) is 19.9 Å². The van der Waals surface area contributed by atoms with E-state index < -0.39 is 0 Å². The molecule has 31 heavy (non-hydrogen) atoms. The van der Waals surface area contributed by atoms with E-state index >= 15 is 0 Å². The van der Waals surface area contributed by atoms with Crippen LogP contribution in [0, 0.1) is 5.92 Å². The zero-order valence-electron chi connectivity index (χ0n) is 18.3. The van der Waals surface area contributed by atoms with E-state index in [0.29, 0.717) is 23.9 Å². The number of imidazole rings is 1. The first kappa shape index (κ1) is 20.3. The Labute approximate surface area is 182 Å². The summed E-state index contributed by atoms with van der Waals surface area (Å²) >= 11 is 0. The van der Waals surface area contributed by atoms with E-state index in [0.717, 1.165) is 55.3 Å². The van der Waals surface area contributed by atoms with Crippen LogP contribution >= 0.6 is 0 Å². The van der Waals surface area contributed by atoms with Gasteiger partial charge in [0.25, 0.3) is 5.56 Å². The second kappa shape index (κ2) is 8.87. The van der Waals surface area contributed by atoms with Crippen LogP contribution in [0.1, 0.15) is 61.5 Å². The van der Waals surface area contributed by atoms with Crippen LogP contribution < -0.4 is 10.3 Å². The van der Waals surface area contributed by atoms with Crippen LogP contribution in [0.25, 0.3) is 5.52 Å². The molecule has 1 saturated heterocycles. The summed E-state index contributed by atoms with van der Waals surface area (Å²) in [5, 5.41) is 0. The largest absolute Gasteiger partial charge is 0.497 e. The van der Waals surface area contributed by atoms with Crippen molar-refractivity contribution < 1.29 is 9.47 Å². The van der Waals surface area contributed by atoms with Crippen LogP contribution in [0.2, 0.25) is 0 Å². The highest BCUT2D eigenvalue weighted by Crippen LogP contribution is 2.30. The molecule has 0 spiro atoms. The SMILES string of the molecule is COc1ccc(Cn2c(CC3CCCC3)cn3c(C4CCOCC4)ncc3c2=O)cc1. The molecular weight excluding hydrogens is 390 g/mol. The molecule has 2 aromatic heterocycles. The monoisotopic (exact) mass is 421 g/mol. The lowest BCUT2D eigenvalue weighted by molar-refractivity contribution is 0.0835. The van der Waals surface area contributed by atoms with Gasteiger partial charge in [-0.3, -0.25) is 9.20 Å². The van der Waals surface area contributed by atoms with Gasteiger partial charge in [-0.25, -0.2) is 4.98 Å². The quantitative estimate of drug-likeness (QED) is 0.599. The summed E-state index contributed by atoms with van der Waals surface area (Å²) in [4.78, 5) is 18.3. The molecule has 0 N–H and O–H groups in total. The minimum absolute atomic E-state index is 0.0529. The fourth-order valence-corrected chi connectivity index (χ4v) is 5.17. The summed E-state index contributed by atoms with van der Waals surface area (Å²) in [5.41, 5.74) is 2.94. The Bertz CT molecular complexity index is 1090. The molecule has 3 aromatic rings. The number of benzene rings is 1. The van der Waals surface area contributed by atoms with E-state index in [1.54, 1.807) is 13.3 Å². The van der Waals surface area contributed by atoms with Crippen molar-refractivity contribution in [2.75, 3.05) is 20.3 Å². The lowest BCUT2D eigenvalue weighted by Crippen LogP contribution is -2.27. The predicted octanol–water partition coefficient (Wildman–Crippen LogP) is 4.18. The molecule has 2 fully saturated rings. The van der Waals surface area contributed by atoms with Gasteiger partial charge < -0.3 is 14.0 Å². The molecule has 1 aromatic carbocycles. The van der Waals surface area contributed by atoms with Crippen LogP contribution in [-0.2, 0) is 17.7 Å². The van der Waals surface area contributed by atoms with Crippen molar-refractivity contribution in [1.29, 1.82) is 0 Å². The molecule has 0 bridgehead atoms. The topological polar surface area (TPSA) is 57.8 Å². The van der Waals surface area contributed by atoms with E-state index in [-0.39, 0.29) is 5.56 Å². The average Bonchev–Trinajstić information content (AvgIpc) is 3.47. The molecule has 0 radical (unpaired) electrons. The number of ether oxygens (including phenoxy) is 2. The molecule has 3 heterocycles. The first-order valence-electron chi connectivity index (χ1n) is 11.5. The highest BCUT2D eigenvalue weighted by molar-refractivity contribution is 5.45. The molecule has 1 aliphatic carbocycles. The van der Waals surface area contributed by atoms with Gasteiger partial charge >= 0.3 is 0 Å². The summed E-state index contributed by atoms with van der Waals surface area (Å²) in [6.45, 7) is 2.10. The van der Waals surface area contributed by atoms with E-state index in [2.05, 4.69) is 10.6 Å². The average molecular weight is 422 g/mol. The fourth-order valence-electron chi connectivity index (χ4n) is 5.17. The molecule has 0 amide bonds. The maximum atomic E-state index is 13.6. The maximum absolute atomic E-state index is 13.6. The van der Waals surface area contributed by atoms with Gasteiger partial charge in [0.15, 0.2) is 0 Å². The zero-order valence-corrected chi connectivity index (χ0v) is 18.3. The molecule has 0 atom stereocenters. The van der Waals surface area contributed by atoms with Crippen molar-refractivity contribution in [3.63, 3.8) is 0 Å². The van der Waals surface area contributed by atoms with Gasteiger partial charge in [-0.05, 0) is 42.9 Å². The van der Waals surface area contributed by atoms with Gasteiger partial charge in [-0.1, -0.05) is 37.8 Å². The number of rotatable bonds is 6. The van der Waals surface area contributed by atoms with Crippen molar-refractivity contribution in [2.45, 2.75) is 57.4 Å². The number of fused-ring (bicyclic) bond motifs is 1. The second-order valence-electron chi connectivity index (χ2n) is 8.97. The smallest absolute Gasteiger partial charge is 0.277 e. The van der Waals surface area contributed by atoms with E-state index in [1.165, 1.54) is 25.7 Å². The van der Waals surface area contributed by atoms with Crippen LogP contribution in [0.4, 0.5) is 0 Å². The van der Waals surface area contributed by atoms with Crippen LogP contribution in [0.3, 0.4) is 0 Å². The Morgan fingerprint density at radius 2 is 1.84 bits per heavy atom.